The summed E-state index contributed by atoms with van der Waals surface area (Å²) in [6.07, 6.45) is 1.68. The van der Waals surface area contributed by atoms with Gasteiger partial charge in [0.15, 0.2) is 0 Å². The molecule has 0 aliphatic rings. The lowest BCUT2D eigenvalue weighted by Crippen LogP contribution is -2.31. The molecule has 0 unspecified atom stereocenters. The Hall–Kier alpha value is -2.36. The Morgan fingerprint density at radius 1 is 1.11 bits per heavy atom. The predicted octanol–water partition coefficient (Wildman–Crippen LogP) is 1.22. The summed E-state index contributed by atoms with van der Waals surface area (Å²) in [6.45, 7) is 2.56. The summed E-state index contributed by atoms with van der Waals surface area (Å²) in [7, 11) is 4.48. The molecular weight excluding hydrogens is 382 g/mol. The van der Waals surface area contributed by atoms with E-state index in [-0.39, 0.29) is 22.7 Å². The van der Waals surface area contributed by atoms with Gasteiger partial charge in [0.25, 0.3) is 5.56 Å². The summed E-state index contributed by atoms with van der Waals surface area (Å²) in [4.78, 5) is 13.9. The van der Waals surface area contributed by atoms with Crippen LogP contribution in [0.25, 0.3) is 11.1 Å². The molecule has 2 aromatic rings. The molecule has 1 aromatic carbocycles. The van der Waals surface area contributed by atoms with Gasteiger partial charge in [0.1, 0.15) is 16.4 Å². The number of rotatable bonds is 8. The van der Waals surface area contributed by atoms with Gasteiger partial charge in [0.05, 0.1) is 14.2 Å². The van der Waals surface area contributed by atoms with Crippen molar-refractivity contribution in [1.29, 1.82) is 0 Å². The molecule has 1 aromatic heterocycles. The molecule has 28 heavy (non-hydrogen) atoms. The molecule has 0 fully saturated rings. The first-order valence-corrected chi connectivity index (χ1v) is 10.2. The number of nitrogens with one attached hydrogen (secondary N) is 1. The Morgan fingerprint density at radius 3 is 2.29 bits per heavy atom. The van der Waals surface area contributed by atoms with Crippen LogP contribution in [-0.4, -0.2) is 59.3 Å². The van der Waals surface area contributed by atoms with Crippen molar-refractivity contribution >= 4 is 10.0 Å². The topological polar surface area (TPSA) is 89.9 Å². The summed E-state index contributed by atoms with van der Waals surface area (Å²) in [5.74, 6) is 0.562. The first-order chi connectivity index (χ1) is 13.1. The van der Waals surface area contributed by atoms with Gasteiger partial charge in [0, 0.05) is 49.1 Å². The van der Waals surface area contributed by atoms with Crippen molar-refractivity contribution in [2.75, 3.05) is 41.4 Å². The normalized spacial score (nSPS) is 11.7. The number of hydrogen-bond donors (Lipinski definition) is 1. The molecule has 0 aliphatic carbocycles. The van der Waals surface area contributed by atoms with Crippen LogP contribution in [-0.2, 0) is 17.1 Å². The predicted molar refractivity (Wildman–Crippen MR) is 109 cm³/mol. The highest BCUT2D eigenvalue weighted by molar-refractivity contribution is 7.89. The van der Waals surface area contributed by atoms with E-state index >= 15 is 0 Å². The average molecular weight is 410 g/mol. The van der Waals surface area contributed by atoms with E-state index in [1.54, 1.807) is 32.3 Å². The van der Waals surface area contributed by atoms with Crippen molar-refractivity contribution in [3.05, 3.63) is 40.3 Å². The SMILES string of the molecule is COc1cc(S(=O)(=O)NCCN(C)C)c(OC)cc1-c1cc(C)c(=O)n(C)c1. The van der Waals surface area contributed by atoms with Gasteiger partial charge in [-0.2, -0.15) is 0 Å². The lowest BCUT2D eigenvalue weighted by Gasteiger charge is -2.17. The van der Waals surface area contributed by atoms with Crippen molar-refractivity contribution in [2.45, 2.75) is 11.8 Å². The van der Waals surface area contributed by atoms with Gasteiger partial charge in [0.2, 0.25) is 10.0 Å². The molecule has 0 amide bonds. The highest BCUT2D eigenvalue weighted by Gasteiger charge is 2.23. The Balaban J connectivity index is 2.57. The first-order valence-electron chi connectivity index (χ1n) is 8.68. The van der Waals surface area contributed by atoms with Crippen LogP contribution in [0.2, 0.25) is 0 Å². The molecule has 1 heterocycles. The van der Waals surface area contributed by atoms with Crippen LogP contribution in [0.3, 0.4) is 0 Å². The van der Waals surface area contributed by atoms with E-state index in [9.17, 15) is 13.2 Å². The summed E-state index contributed by atoms with van der Waals surface area (Å²) in [5.41, 5.74) is 1.83. The number of likely N-dealkylation sites (N-methyl/N-ethyl adjacent to an activating group) is 1. The standard InChI is InChI=1S/C19H27N3O5S/c1-13-9-14(12-22(4)19(13)23)15-10-17(27-6)18(11-16(15)26-5)28(24,25)20-7-8-21(2)3/h9-12,20H,7-8H2,1-6H3. The third-order valence-electron chi connectivity index (χ3n) is 4.30. The molecule has 9 heteroatoms. The van der Waals surface area contributed by atoms with Crippen molar-refractivity contribution < 1.29 is 17.9 Å². The van der Waals surface area contributed by atoms with Crippen LogP contribution in [0, 0.1) is 6.92 Å². The van der Waals surface area contributed by atoms with E-state index in [4.69, 9.17) is 9.47 Å². The summed E-state index contributed by atoms with van der Waals surface area (Å²) in [6, 6.07) is 4.79. The van der Waals surface area contributed by atoms with Gasteiger partial charge >= 0.3 is 0 Å². The molecule has 0 bridgehead atoms. The second kappa shape index (κ2) is 8.76. The molecule has 0 aliphatic heterocycles. The Labute approximate surface area is 165 Å². The summed E-state index contributed by atoms with van der Waals surface area (Å²) < 4.78 is 40.3. The maximum Gasteiger partial charge on any atom is 0.253 e. The number of aromatic nitrogens is 1. The smallest absolute Gasteiger partial charge is 0.253 e. The van der Waals surface area contributed by atoms with E-state index in [1.165, 1.54) is 24.9 Å². The molecular formula is C19H27N3O5S. The van der Waals surface area contributed by atoms with Crippen molar-refractivity contribution in [1.82, 2.24) is 14.2 Å². The molecule has 0 spiro atoms. The minimum absolute atomic E-state index is 0.00380. The largest absolute Gasteiger partial charge is 0.496 e. The number of ether oxygens (including phenoxy) is 2. The zero-order valence-electron chi connectivity index (χ0n) is 17.1. The number of hydrogen-bond acceptors (Lipinski definition) is 6. The number of methoxy groups -OCH3 is 2. The third-order valence-corrected chi connectivity index (χ3v) is 5.78. The fourth-order valence-corrected chi connectivity index (χ4v) is 4.00. The molecule has 8 nitrogen and oxygen atoms in total. The fourth-order valence-electron chi connectivity index (χ4n) is 2.81. The zero-order valence-corrected chi connectivity index (χ0v) is 17.9. The molecule has 0 saturated carbocycles. The van der Waals surface area contributed by atoms with Crippen LogP contribution in [0.5, 0.6) is 11.5 Å². The molecule has 1 N–H and O–H groups in total. The minimum atomic E-state index is -3.79. The van der Waals surface area contributed by atoms with Crippen LogP contribution in [0.1, 0.15) is 5.56 Å². The number of sulfonamides is 1. The second-order valence-corrected chi connectivity index (χ2v) is 8.47. The Kier molecular flexibility index (Phi) is 6.87. The fraction of sp³-hybridized carbons (Fsp3) is 0.421. The number of pyridine rings is 1. The maximum atomic E-state index is 12.8. The molecule has 154 valence electrons. The van der Waals surface area contributed by atoms with Crippen molar-refractivity contribution in [3.8, 4) is 22.6 Å². The number of nitrogens with zero attached hydrogens (tertiary/aromatic N) is 2. The van der Waals surface area contributed by atoms with E-state index in [1.807, 2.05) is 19.0 Å². The van der Waals surface area contributed by atoms with Crippen molar-refractivity contribution in [2.24, 2.45) is 7.05 Å². The van der Waals surface area contributed by atoms with Crippen LogP contribution >= 0.6 is 0 Å². The molecule has 0 radical (unpaired) electrons. The Bertz CT molecular complexity index is 987. The highest BCUT2D eigenvalue weighted by Crippen LogP contribution is 2.38. The Morgan fingerprint density at radius 2 is 1.75 bits per heavy atom. The van der Waals surface area contributed by atoms with E-state index in [2.05, 4.69) is 4.72 Å². The van der Waals surface area contributed by atoms with Gasteiger partial charge in [-0.05, 0) is 33.2 Å². The lowest BCUT2D eigenvalue weighted by atomic mass is 10.0. The van der Waals surface area contributed by atoms with Gasteiger partial charge in [-0.25, -0.2) is 13.1 Å². The minimum Gasteiger partial charge on any atom is -0.496 e. The summed E-state index contributed by atoms with van der Waals surface area (Å²) in [5, 5.41) is 0. The quantitative estimate of drug-likeness (QED) is 0.705. The first kappa shape index (κ1) is 21.9. The molecule has 0 atom stereocenters. The molecule has 0 saturated heterocycles. The second-order valence-electron chi connectivity index (χ2n) is 6.73. The van der Waals surface area contributed by atoms with Crippen LogP contribution in [0.4, 0.5) is 0 Å². The zero-order chi connectivity index (χ0) is 21.1. The van der Waals surface area contributed by atoms with Crippen LogP contribution < -0.4 is 19.8 Å². The third kappa shape index (κ3) is 4.73. The van der Waals surface area contributed by atoms with Gasteiger partial charge in [-0.15, -0.1) is 0 Å². The highest BCUT2D eigenvalue weighted by atomic mass is 32.2. The molecule has 2 rings (SSSR count). The number of aryl methyl sites for hydroxylation is 2. The monoisotopic (exact) mass is 409 g/mol. The van der Waals surface area contributed by atoms with Gasteiger partial charge < -0.3 is 18.9 Å². The number of benzene rings is 1. The summed E-state index contributed by atoms with van der Waals surface area (Å²) >= 11 is 0. The van der Waals surface area contributed by atoms with E-state index in [0.717, 1.165) is 5.56 Å². The maximum absolute atomic E-state index is 12.8. The van der Waals surface area contributed by atoms with E-state index < -0.39 is 10.0 Å². The van der Waals surface area contributed by atoms with Gasteiger partial charge in [-0.1, -0.05) is 0 Å². The van der Waals surface area contributed by atoms with Crippen LogP contribution in [0.15, 0.2) is 34.1 Å². The average Bonchev–Trinajstić information content (AvgIpc) is 2.64. The van der Waals surface area contributed by atoms with Crippen molar-refractivity contribution in [3.63, 3.8) is 0 Å². The van der Waals surface area contributed by atoms with E-state index in [0.29, 0.717) is 23.4 Å². The van der Waals surface area contributed by atoms with Gasteiger partial charge in [-0.3, -0.25) is 4.79 Å². The lowest BCUT2D eigenvalue weighted by molar-refractivity contribution is 0.392.